The molecule has 2 rings (SSSR count). The van der Waals surface area contributed by atoms with Crippen LogP contribution in [0.15, 0.2) is 60.9 Å². The van der Waals surface area contributed by atoms with E-state index >= 15 is 0 Å². The van der Waals surface area contributed by atoms with Crippen LogP contribution in [-0.4, -0.2) is 10.9 Å². The summed E-state index contributed by atoms with van der Waals surface area (Å²) in [6.45, 7) is 3.65. The van der Waals surface area contributed by atoms with Gasteiger partial charge in [0, 0.05) is 24.4 Å². The number of rotatable bonds is 4. The molecular weight excluding hydrogens is 224 g/mol. The molecule has 0 fully saturated rings. The minimum atomic E-state index is -0.452. The number of pyridine rings is 1. The number of aromatic nitrogens is 1. The molecule has 2 N–H and O–H groups in total. The van der Waals surface area contributed by atoms with Crippen LogP contribution in [0.25, 0.3) is 11.1 Å². The highest BCUT2D eigenvalue weighted by atomic mass is 16.1. The Hall–Kier alpha value is -2.42. The van der Waals surface area contributed by atoms with Crippen LogP contribution in [-0.2, 0) is 11.2 Å². The molecule has 18 heavy (non-hydrogen) atoms. The fourth-order valence-electron chi connectivity index (χ4n) is 1.68. The average Bonchev–Trinajstić information content (AvgIpc) is 2.40. The van der Waals surface area contributed by atoms with Gasteiger partial charge in [0.2, 0.25) is 5.91 Å². The number of benzene rings is 1. The van der Waals surface area contributed by atoms with Crippen molar-refractivity contribution in [3.05, 3.63) is 66.5 Å². The predicted molar refractivity (Wildman–Crippen MR) is 71.7 cm³/mol. The SMILES string of the molecule is C=C(Cc1ccc(-c2cccnc2)cc1)C(N)=O. The van der Waals surface area contributed by atoms with Gasteiger partial charge < -0.3 is 5.73 Å². The number of nitrogens with two attached hydrogens (primary N) is 1. The van der Waals surface area contributed by atoms with Gasteiger partial charge in [0.15, 0.2) is 0 Å². The van der Waals surface area contributed by atoms with Crippen LogP contribution in [0.1, 0.15) is 5.56 Å². The zero-order chi connectivity index (χ0) is 13.0. The Bertz CT molecular complexity index is 559. The summed E-state index contributed by atoms with van der Waals surface area (Å²) in [6.07, 6.45) is 4.05. The second kappa shape index (κ2) is 5.27. The van der Waals surface area contributed by atoms with Crippen LogP contribution in [0.2, 0.25) is 0 Å². The molecule has 3 nitrogen and oxygen atoms in total. The molecule has 0 saturated carbocycles. The Balaban J connectivity index is 2.16. The van der Waals surface area contributed by atoms with Crippen molar-refractivity contribution in [2.45, 2.75) is 6.42 Å². The molecule has 0 spiro atoms. The molecule has 1 heterocycles. The molecule has 3 heteroatoms. The first kappa shape index (κ1) is 12.0. The number of hydrogen-bond acceptors (Lipinski definition) is 2. The molecule has 90 valence electrons. The normalized spacial score (nSPS) is 10.0. The highest BCUT2D eigenvalue weighted by molar-refractivity contribution is 5.91. The lowest BCUT2D eigenvalue weighted by Crippen LogP contribution is -2.14. The average molecular weight is 238 g/mol. The molecule has 1 amide bonds. The summed E-state index contributed by atoms with van der Waals surface area (Å²) in [4.78, 5) is 15.0. The molecule has 0 atom stereocenters. The van der Waals surface area contributed by atoms with E-state index in [1.54, 1.807) is 6.20 Å². The van der Waals surface area contributed by atoms with Crippen LogP contribution in [0.4, 0.5) is 0 Å². The smallest absolute Gasteiger partial charge is 0.244 e. The van der Waals surface area contributed by atoms with E-state index in [1.807, 2.05) is 42.6 Å². The van der Waals surface area contributed by atoms with Gasteiger partial charge in [-0.3, -0.25) is 9.78 Å². The van der Waals surface area contributed by atoms with Crippen LogP contribution >= 0.6 is 0 Å². The van der Waals surface area contributed by atoms with Crippen molar-refractivity contribution >= 4 is 5.91 Å². The van der Waals surface area contributed by atoms with E-state index in [2.05, 4.69) is 11.6 Å². The second-order valence-electron chi connectivity index (χ2n) is 4.08. The molecule has 0 aliphatic heterocycles. The van der Waals surface area contributed by atoms with Gasteiger partial charge in [-0.2, -0.15) is 0 Å². The summed E-state index contributed by atoms with van der Waals surface area (Å²) in [7, 11) is 0. The molecule has 0 radical (unpaired) electrons. The Morgan fingerprint density at radius 3 is 2.44 bits per heavy atom. The molecular formula is C15H14N2O. The van der Waals surface area contributed by atoms with Crippen LogP contribution in [0.5, 0.6) is 0 Å². The first-order valence-electron chi connectivity index (χ1n) is 5.64. The van der Waals surface area contributed by atoms with Crippen LogP contribution < -0.4 is 5.73 Å². The first-order valence-corrected chi connectivity index (χ1v) is 5.64. The van der Waals surface area contributed by atoms with Gasteiger partial charge in [0.1, 0.15) is 0 Å². The van der Waals surface area contributed by atoms with E-state index in [-0.39, 0.29) is 0 Å². The standard InChI is InChI=1S/C15H14N2O/c1-11(15(16)18)9-12-4-6-13(7-5-12)14-3-2-8-17-10-14/h2-8,10H,1,9H2,(H2,16,18). The van der Waals surface area contributed by atoms with Crippen molar-refractivity contribution in [3.8, 4) is 11.1 Å². The third-order valence-corrected chi connectivity index (χ3v) is 2.71. The van der Waals surface area contributed by atoms with Gasteiger partial charge in [-0.25, -0.2) is 0 Å². The number of primary amides is 1. The van der Waals surface area contributed by atoms with Crippen LogP contribution in [0.3, 0.4) is 0 Å². The molecule has 0 saturated heterocycles. The third-order valence-electron chi connectivity index (χ3n) is 2.71. The zero-order valence-corrected chi connectivity index (χ0v) is 9.97. The number of amides is 1. The van der Waals surface area contributed by atoms with E-state index in [0.29, 0.717) is 12.0 Å². The van der Waals surface area contributed by atoms with E-state index in [4.69, 9.17) is 5.73 Å². The van der Waals surface area contributed by atoms with Gasteiger partial charge in [-0.05, 0) is 22.8 Å². The quantitative estimate of drug-likeness (QED) is 0.831. The number of nitrogens with zero attached hydrogens (tertiary/aromatic N) is 1. The molecule has 0 bridgehead atoms. The van der Waals surface area contributed by atoms with E-state index in [1.165, 1.54) is 0 Å². The summed E-state index contributed by atoms with van der Waals surface area (Å²) in [5.74, 6) is -0.452. The largest absolute Gasteiger partial charge is 0.366 e. The maximum Gasteiger partial charge on any atom is 0.244 e. The van der Waals surface area contributed by atoms with Crippen molar-refractivity contribution in [1.29, 1.82) is 0 Å². The van der Waals surface area contributed by atoms with Crippen molar-refractivity contribution in [2.24, 2.45) is 5.73 Å². The Morgan fingerprint density at radius 2 is 1.89 bits per heavy atom. The molecule has 0 aliphatic carbocycles. The van der Waals surface area contributed by atoms with Crippen molar-refractivity contribution in [2.75, 3.05) is 0 Å². The minimum Gasteiger partial charge on any atom is -0.366 e. The highest BCUT2D eigenvalue weighted by Crippen LogP contribution is 2.19. The number of carbonyl (C=O) groups is 1. The second-order valence-corrected chi connectivity index (χ2v) is 4.08. The van der Waals surface area contributed by atoms with E-state index in [9.17, 15) is 4.79 Å². The summed E-state index contributed by atoms with van der Waals surface area (Å²) in [6, 6.07) is 11.8. The molecule has 1 aromatic heterocycles. The fraction of sp³-hybridized carbons (Fsp3) is 0.0667. The van der Waals surface area contributed by atoms with Gasteiger partial charge >= 0.3 is 0 Å². The zero-order valence-electron chi connectivity index (χ0n) is 9.97. The number of hydrogen-bond donors (Lipinski definition) is 1. The van der Waals surface area contributed by atoms with Crippen molar-refractivity contribution in [3.63, 3.8) is 0 Å². The molecule has 0 aliphatic rings. The topological polar surface area (TPSA) is 56.0 Å². The Kier molecular flexibility index (Phi) is 3.53. The van der Waals surface area contributed by atoms with Gasteiger partial charge in [0.05, 0.1) is 0 Å². The third kappa shape index (κ3) is 2.83. The summed E-state index contributed by atoms with van der Waals surface area (Å²) in [5, 5.41) is 0. The fourth-order valence-corrected chi connectivity index (χ4v) is 1.68. The molecule has 1 aromatic carbocycles. The van der Waals surface area contributed by atoms with Crippen LogP contribution in [0, 0.1) is 0 Å². The van der Waals surface area contributed by atoms with Gasteiger partial charge in [0.25, 0.3) is 0 Å². The number of carbonyl (C=O) groups excluding carboxylic acids is 1. The summed E-state index contributed by atoms with van der Waals surface area (Å²) in [5.41, 5.74) is 8.76. The first-order chi connectivity index (χ1) is 8.66. The minimum absolute atomic E-state index is 0.420. The molecule has 0 unspecified atom stereocenters. The summed E-state index contributed by atoms with van der Waals surface area (Å²) >= 11 is 0. The summed E-state index contributed by atoms with van der Waals surface area (Å²) < 4.78 is 0. The Morgan fingerprint density at radius 1 is 1.17 bits per heavy atom. The predicted octanol–water partition coefficient (Wildman–Crippen LogP) is 2.33. The van der Waals surface area contributed by atoms with Crippen molar-refractivity contribution < 1.29 is 4.79 Å². The Labute approximate surface area is 106 Å². The maximum atomic E-state index is 10.9. The maximum absolute atomic E-state index is 10.9. The molecule has 2 aromatic rings. The van der Waals surface area contributed by atoms with Gasteiger partial charge in [-0.1, -0.05) is 36.9 Å². The lowest BCUT2D eigenvalue weighted by Gasteiger charge is -2.04. The highest BCUT2D eigenvalue weighted by Gasteiger charge is 2.03. The lowest BCUT2D eigenvalue weighted by molar-refractivity contribution is -0.114. The van der Waals surface area contributed by atoms with E-state index in [0.717, 1.165) is 16.7 Å². The lowest BCUT2D eigenvalue weighted by atomic mass is 10.0. The van der Waals surface area contributed by atoms with E-state index < -0.39 is 5.91 Å². The van der Waals surface area contributed by atoms with Gasteiger partial charge in [-0.15, -0.1) is 0 Å². The van der Waals surface area contributed by atoms with Crippen molar-refractivity contribution in [1.82, 2.24) is 4.98 Å². The monoisotopic (exact) mass is 238 g/mol.